The number of hydrogen-bond donors (Lipinski definition) is 0. The highest BCUT2D eigenvalue weighted by Gasteiger charge is 2.18. The van der Waals surface area contributed by atoms with Crippen molar-refractivity contribution in [2.24, 2.45) is 0 Å². The van der Waals surface area contributed by atoms with Crippen LogP contribution < -0.4 is 4.90 Å². The Balaban J connectivity index is 1.30. The van der Waals surface area contributed by atoms with Crippen LogP contribution in [0.3, 0.4) is 0 Å². The van der Waals surface area contributed by atoms with Crippen LogP contribution in [0.5, 0.6) is 0 Å². The fourth-order valence-electron chi connectivity index (χ4n) is 4.19. The molecule has 3 aromatic rings. The van der Waals surface area contributed by atoms with Gasteiger partial charge < -0.3 is 4.90 Å². The maximum absolute atomic E-state index is 2.57. The Morgan fingerprint density at radius 2 is 1.35 bits per heavy atom. The maximum atomic E-state index is 2.57. The highest BCUT2D eigenvalue weighted by molar-refractivity contribution is 5.49. The molecule has 130 valence electrons. The predicted molar refractivity (Wildman–Crippen MR) is 107 cm³/mol. The zero-order valence-electron chi connectivity index (χ0n) is 15.3. The van der Waals surface area contributed by atoms with E-state index in [9.17, 15) is 0 Å². The van der Waals surface area contributed by atoms with E-state index in [1.54, 1.807) is 0 Å². The lowest BCUT2D eigenvalue weighted by Crippen LogP contribution is -2.46. The van der Waals surface area contributed by atoms with Gasteiger partial charge in [0.25, 0.3) is 0 Å². The van der Waals surface area contributed by atoms with Crippen LogP contribution in [-0.4, -0.2) is 31.1 Å². The molecule has 2 aliphatic rings. The maximum Gasteiger partial charge on any atom is 0.0373 e. The van der Waals surface area contributed by atoms with Crippen LogP contribution in [0.15, 0.2) is 66.7 Å². The van der Waals surface area contributed by atoms with Gasteiger partial charge in [-0.2, -0.15) is 0 Å². The molecule has 2 heteroatoms. The summed E-state index contributed by atoms with van der Waals surface area (Å²) < 4.78 is 0. The van der Waals surface area contributed by atoms with Crippen LogP contribution in [0.25, 0.3) is 0 Å². The first-order valence-corrected chi connectivity index (χ1v) is 9.55. The average Bonchev–Trinajstić information content (AvgIpc) is 2.68. The van der Waals surface area contributed by atoms with Crippen molar-refractivity contribution in [3.05, 3.63) is 98.7 Å². The lowest BCUT2D eigenvalue weighted by Gasteiger charge is -2.36. The summed E-state index contributed by atoms with van der Waals surface area (Å²) in [7, 11) is 0. The minimum Gasteiger partial charge on any atom is -0.369 e. The third kappa shape index (κ3) is 2.71. The Labute approximate surface area is 154 Å². The zero-order valence-corrected chi connectivity index (χ0v) is 15.3. The van der Waals surface area contributed by atoms with Crippen molar-refractivity contribution in [3.8, 4) is 0 Å². The van der Waals surface area contributed by atoms with Crippen molar-refractivity contribution in [2.75, 3.05) is 31.1 Å². The van der Waals surface area contributed by atoms with E-state index in [0.29, 0.717) is 0 Å². The molecule has 1 saturated heterocycles. The van der Waals surface area contributed by atoms with Crippen LogP contribution in [0.4, 0.5) is 5.69 Å². The SMILES string of the molecule is Cc1ccc(CN2CCN(c3ccc4c(c3)=c3ccccc3=4)CC2)cc1. The van der Waals surface area contributed by atoms with Gasteiger partial charge in [0.2, 0.25) is 0 Å². The van der Waals surface area contributed by atoms with Gasteiger partial charge >= 0.3 is 0 Å². The predicted octanol–water partition coefficient (Wildman–Crippen LogP) is 4.20. The van der Waals surface area contributed by atoms with Gasteiger partial charge in [-0.05, 0) is 45.5 Å². The van der Waals surface area contributed by atoms with E-state index < -0.39 is 0 Å². The molecule has 1 fully saturated rings. The number of anilines is 1. The standard InChI is InChI=1S/C24H24N2/c1-18-6-8-19(9-7-18)17-25-12-14-26(15-13-25)20-10-11-23-21-4-2-3-5-22(21)24(23)16-20/h2-11,16H,12-15,17H2,1H3. The summed E-state index contributed by atoms with van der Waals surface area (Å²) in [4.78, 5) is 5.10. The van der Waals surface area contributed by atoms with Gasteiger partial charge in [-0.25, -0.2) is 0 Å². The Kier molecular flexibility index (Phi) is 3.79. The second kappa shape index (κ2) is 6.30. The number of nitrogens with zero attached hydrogens (tertiary/aromatic N) is 2. The summed E-state index contributed by atoms with van der Waals surface area (Å²) >= 11 is 0. The van der Waals surface area contributed by atoms with Crippen LogP contribution in [0, 0.1) is 27.8 Å². The molecule has 26 heavy (non-hydrogen) atoms. The van der Waals surface area contributed by atoms with E-state index in [1.165, 1.54) is 37.7 Å². The summed E-state index contributed by atoms with van der Waals surface area (Å²) in [6, 6.07) is 24.6. The molecule has 2 nitrogen and oxygen atoms in total. The molecule has 1 aliphatic heterocycles. The van der Waals surface area contributed by atoms with Gasteiger partial charge in [-0.1, -0.05) is 60.2 Å². The molecule has 0 atom stereocenters. The second-order valence-corrected chi connectivity index (χ2v) is 7.52. The van der Waals surface area contributed by atoms with Crippen LogP contribution in [-0.2, 0) is 6.54 Å². The molecule has 1 heterocycles. The van der Waals surface area contributed by atoms with Crippen LogP contribution in [0.1, 0.15) is 11.1 Å². The molecule has 5 rings (SSSR count). The minimum absolute atomic E-state index is 1.06. The van der Waals surface area contributed by atoms with Crippen molar-refractivity contribution in [2.45, 2.75) is 13.5 Å². The molecule has 0 aromatic heterocycles. The lowest BCUT2D eigenvalue weighted by atomic mass is 10.0. The lowest BCUT2D eigenvalue weighted by molar-refractivity contribution is 0.250. The van der Waals surface area contributed by atoms with Crippen molar-refractivity contribution in [1.82, 2.24) is 4.90 Å². The van der Waals surface area contributed by atoms with Crippen molar-refractivity contribution in [1.29, 1.82) is 0 Å². The zero-order chi connectivity index (χ0) is 17.5. The number of fused-ring (bicyclic) bond motifs is 2. The van der Waals surface area contributed by atoms with E-state index >= 15 is 0 Å². The summed E-state index contributed by atoms with van der Waals surface area (Å²) in [5, 5.41) is 5.63. The Bertz CT molecular complexity index is 1120. The first-order valence-electron chi connectivity index (χ1n) is 9.55. The number of rotatable bonds is 3. The summed E-state index contributed by atoms with van der Waals surface area (Å²) in [6.07, 6.45) is 0. The molecule has 0 saturated carbocycles. The molecule has 0 spiro atoms. The van der Waals surface area contributed by atoms with E-state index in [4.69, 9.17) is 0 Å². The molecular weight excluding hydrogens is 316 g/mol. The minimum atomic E-state index is 1.06. The topological polar surface area (TPSA) is 6.48 Å². The molecule has 0 amide bonds. The van der Waals surface area contributed by atoms with Crippen LogP contribution in [0.2, 0.25) is 0 Å². The second-order valence-electron chi connectivity index (χ2n) is 7.52. The summed E-state index contributed by atoms with van der Waals surface area (Å²) in [6.45, 7) is 7.67. The summed E-state index contributed by atoms with van der Waals surface area (Å²) in [5.41, 5.74) is 4.12. The number of benzene rings is 3. The van der Waals surface area contributed by atoms with Gasteiger partial charge in [0.05, 0.1) is 0 Å². The number of aryl methyl sites for hydroxylation is 1. The molecule has 0 bridgehead atoms. The van der Waals surface area contributed by atoms with E-state index in [0.717, 1.165) is 32.7 Å². The molecule has 3 aromatic carbocycles. The van der Waals surface area contributed by atoms with Gasteiger partial charge in [-0.3, -0.25) is 4.90 Å². The largest absolute Gasteiger partial charge is 0.369 e. The van der Waals surface area contributed by atoms with E-state index in [-0.39, 0.29) is 0 Å². The van der Waals surface area contributed by atoms with E-state index in [1.807, 2.05) is 0 Å². The van der Waals surface area contributed by atoms with Crippen molar-refractivity contribution < 1.29 is 0 Å². The highest BCUT2D eigenvalue weighted by Crippen LogP contribution is 2.22. The third-order valence-electron chi connectivity index (χ3n) is 5.77. The molecular formula is C24H24N2. The quantitative estimate of drug-likeness (QED) is 0.551. The van der Waals surface area contributed by atoms with Gasteiger partial charge in [0.1, 0.15) is 0 Å². The Morgan fingerprint density at radius 1 is 0.692 bits per heavy atom. The fourth-order valence-corrected chi connectivity index (χ4v) is 4.19. The summed E-state index contributed by atoms with van der Waals surface area (Å²) in [5.74, 6) is 0. The van der Waals surface area contributed by atoms with Crippen molar-refractivity contribution >= 4 is 5.69 Å². The van der Waals surface area contributed by atoms with Gasteiger partial charge in [0, 0.05) is 38.4 Å². The third-order valence-corrected chi connectivity index (χ3v) is 5.77. The van der Waals surface area contributed by atoms with E-state index in [2.05, 4.69) is 83.5 Å². The normalized spacial score (nSPS) is 16.0. The molecule has 1 aliphatic carbocycles. The van der Waals surface area contributed by atoms with Gasteiger partial charge in [0.15, 0.2) is 0 Å². The Morgan fingerprint density at radius 3 is 2.08 bits per heavy atom. The first kappa shape index (κ1) is 15.7. The molecule has 0 radical (unpaired) electrons. The smallest absolute Gasteiger partial charge is 0.0373 e. The Hall–Kier alpha value is -2.58. The monoisotopic (exact) mass is 340 g/mol. The first-order chi connectivity index (χ1) is 12.8. The van der Waals surface area contributed by atoms with Gasteiger partial charge in [-0.15, -0.1) is 0 Å². The molecule has 0 unspecified atom stereocenters. The number of hydrogen-bond acceptors (Lipinski definition) is 2. The highest BCUT2D eigenvalue weighted by atomic mass is 15.3. The molecule has 0 N–H and O–H groups in total. The van der Waals surface area contributed by atoms with Crippen molar-refractivity contribution in [3.63, 3.8) is 0 Å². The number of piperazine rings is 1. The average molecular weight is 340 g/mol. The fraction of sp³-hybridized carbons (Fsp3) is 0.250. The van der Waals surface area contributed by atoms with Crippen LogP contribution >= 0.6 is 0 Å².